The number of rotatable bonds is 5. The quantitative estimate of drug-likeness (QED) is 0.904. The number of likely N-dealkylation sites (N-methyl/N-ethyl adjacent to an activating group) is 1. The molecule has 0 aromatic heterocycles. The highest BCUT2D eigenvalue weighted by Crippen LogP contribution is 2.23. The second kappa shape index (κ2) is 6.73. The molecule has 1 N–H and O–H groups in total. The zero-order chi connectivity index (χ0) is 13.7. The topological polar surface area (TPSA) is 32.3 Å². The molecule has 1 aromatic rings. The molecule has 3 nitrogen and oxygen atoms in total. The van der Waals surface area contributed by atoms with Crippen LogP contribution in [0.1, 0.15) is 20.8 Å². The minimum absolute atomic E-state index is 0.0103. The summed E-state index contributed by atoms with van der Waals surface area (Å²) in [5.74, 6) is -0.320. The SMILES string of the molecule is CCN(CC)C(=O)C(C)Nc1cc(F)ccc1Br. The van der Waals surface area contributed by atoms with Gasteiger partial charge in [0.25, 0.3) is 0 Å². The molecule has 0 radical (unpaired) electrons. The molecule has 100 valence electrons. The number of carbonyl (C=O) groups excluding carboxylic acids is 1. The maximum atomic E-state index is 13.1. The molecule has 0 fully saturated rings. The number of hydrogen-bond donors (Lipinski definition) is 1. The number of benzene rings is 1. The number of nitrogens with zero attached hydrogens (tertiary/aromatic N) is 1. The van der Waals surface area contributed by atoms with Crippen LogP contribution in [0.3, 0.4) is 0 Å². The monoisotopic (exact) mass is 316 g/mol. The fourth-order valence-electron chi connectivity index (χ4n) is 1.71. The van der Waals surface area contributed by atoms with Gasteiger partial charge < -0.3 is 10.2 Å². The third-order valence-electron chi connectivity index (χ3n) is 2.75. The first-order valence-corrected chi connectivity index (χ1v) is 6.79. The Bertz CT molecular complexity index is 421. The van der Waals surface area contributed by atoms with Crippen molar-refractivity contribution < 1.29 is 9.18 Å². The van der Waals surface area contributed by atoms with Gasteiger partial charge in [0.2, 0.25) is 5.91 Å². The van der Waals surface area contributed by atoms with Crippen LogP contribution in [-0.4, -0.2) is 29.9 Å². The van der Waals surface area contributed by atoms with Crippen LogP contribution in [0, 0.1) is 5.82 Å². The summed E-state index contributed by atoms with van der Waals surface area (Å²) in [6.07, 6.45) is 0. The van der Waals surface area contributed by atoms with Crippen LogP contribution in [0.5, 0.6) is 0 Å². The van der Waals surface area contributed by atoms with E-state index >= 15 is 0 Å². The van der Waals surface area contributed by atoms with Crippen molar-refractivity contribution >= 4 is 27.5 Å². The molecule has 18 heavy (non-hydrogen) atoms. The molecule has 0 saturated heterocycles. The fourth-order valence-corrected chi connectivity index (χ4v) is 2.07. The Labute approximate surface area is 115 Å². The lowest BCUT2D eigenvalue weighted by Crippen LogP contribution is -2.41. The second-order valence-corrected chi connectivity index (χ2v) is 4.86. The van der Waals surface area contributed by atoms with Crippen molar-refractivity contribution in [2.24, 2.45) is 0 Å². The molecular weight excluding hydrogens is 299 g/mol. The van der Waals surface area contributed by atoms with E-state index in [2.05, 4.69) is 21.2 Å². The van der Waals surface area contributed by atoms with Crippen LogP contribution in [0.2, 0.25) is 0 Å². The predicted molar refractivity (Wildman–Crippen MR) is 75.1 cm³/mol. The van der Waals surface area contributed by atoms with Gasteiger partial charge in [0.1, 0.15) is 11.9 Å². The summed E-state index contributed by atoms with van der Waals surface area (Å²) in [4.78, 5) is 13.8. The van der Waals surface area contributed by atoms with Gasteiger partial charge >= 0.3 is 0 Å². The summed E-state index contributed by atoms with van der Waals surface area (Å²) in [6, 6.07) is 3.97. The largest absolute Gasteiger partial charge is 0.373 e. The lowest BCUT2D eigenvalue weighted by atomic mass is 10.2. The molecule has 0 aliphatic rings. The first-order valence-electron chi connectivity index (χ1n) is 6.00. The van der Waals surface area contributed by atoms with Gasteiger partial charge in [-0.2, -0.15) is 0 Å². The highest BCUT2D eigenvalue weighted by molar-refractivity contribution is 9.10. The van der Waals surface area contributed by atoms with Gasteiger partial charge in [0.15, 0.2) is 0 Å². The van der Waals surface area contributed by atoms with Gasteiger partial charge in [0, 0.05) is 17.6 Å². The van der Waals surface area contributed by atoms with Crippen LogP contribution in [0.15, 0.2) is 22.7 Å². The van der Waals surface area contributed by atoms with Crippen molar-refractivity contribution in [3.05, 3.63) is 28.5 Å². The van der Waals surface area contributed by atoms with E-state index in [1.165, 1.54) is 12.1 Å². The normalized spacial score (nSPS) is 12.1. The summed E-state index contributed by atoms with van der Waals surface area (Å²) in [5, 5.41) is 3.02. The zero-order valence-corrected chi connectivity index (χ0v) is 12.4. The molecule has 1 amide bonds. The maximum Gasteiger partial charge on any atom is 0.244 e. The number of nitrogens with one attached hydrogen (secondary N) is 1. The summed E-state index contributed by atoms with van der Waals surface area (Å²) < 4.78 is 13.9. The highest BCUT2D eigenvalue weighted by atomic mass is 79.9. The van der Waals surface area contributed by atoms with E-state index in [9.17, 15) is 9.18 Å². The number of carbonyl (C=O) groups is 1. The van der Waals surface area contributed by atoms with Gasteiger partial charge in [0.05, 0.1) is 5.69 Å². The summed E-state index contributed by atoms with van der Waals surface area (Å²) in [7, 11) is 0. The van der Waals surface area contributed by atoms with Crippen LogP contribution in [-0.2, 0) is 4.79 Å². The molecule has 0 aliphatic carbocycles. The predicted octanol–water partition coefficient (Wildman–Crippen LogP) is 3.26. The Kier molecular flexibility index (Phi) is 5.59. The summed E-state index contributed by atoms with van der Waals surface area (Å²) in [6.45, 7) is 6.99. The van der Waals surface area contributed by atoms with E-state index in [1.54, 1.807) is 17.9 Å². The fraction of sp³-hybridized carbons (Fsp3) is 0.462. The Morgan fingerprint density at radius 1 is 1.44 bits per heavy atom. The van der Waals surface area contributed by atoms with E-state index in [4.69, 9.17) is 0 Å². The molecule has 0 heterocycles. The molecule has 5 heteroatoms. The highest BCUT2D eigenvalue weighted by Gasteiger charge is 2.18. The van der Waals surface area contributed by atoms with E-state index < -0.39 is 0 Å². The van der Waals surface area contributed by atoms with E-state index in [0.717, 1.165) is 4.47 Å². The van der Waals surface area contributed by atoms with Crippen LogP contribution >= 0.6 is 15.9 Å². The van der Waals surface area contributed by atoms with E-state index in [-0.39, 0.29) is 17.8 Å². The van der Waals surface area contributed by atoms with E-state index in [1.807, 2.05) is 13.8 Å². The molecule has 1 rings (SSSR count). The molecule has 0 spiro atoms. The molecule has 0 aliphatic heterocycles. The van der Waals surface area contributed by atoms with Crippen molar-refractivity contribution in [1.29, 1.82) is 0 Å². The van der Waals surface area contributed by atoms with Crippen molar-refractivity contribution in [3.63, 3.8) is 0 Å². The number of anilines is 1. The Morgan fingerprint density at radius 2 is 2.06 bits per heavy atom. The zero-order valence-electron chi connectivity index (χ0n) is 10.8. The minimum atomic E-state index is -0.386. The van der Waals surface area contributed by atoms with Gasteiger partial charge in [-0.1, -0.05) is 0 Å². The van der Waals surface area contributed by atoms with Crippen molar-refractivity contribution in [2.75, 3.05) is 18.4 Å². The lowest BCUT2D eigenvalue weighted by molar-refractivity contribution is -0.131. The lowest BCUT2D eigenvalue weighted by Gasteiger charge is -2.24. The number of amides is 1. The molecule has 1 aromatic carbocycles. The third-order valence-corrected chi connectivity index (χ3v) is 3.44. The van der Waals surface area contributed by atoms with E-state index in [0.29, 0.717) is 18.8 Å². The number of hydrogen-bond acceptors (Lipinski definition) is 2. The maximum absolute atomic E-state index is 13.1. The summed E-state index contributed by atoms with van der Waals surface area (Å²) in [5.41, 5.74) is 0.586. The molecule has 0 saturated carbocycles. The second-order valence-electron chi connectivity index (χ2n) is 4.00. The first kappa shape index (κ1) is 15.0. The minimum Gasteiger partial charge on any atom is -0.373 e. The Hall–Kier alpha value is -1.10. The van der Waals surface area contributed by atoms with Crippen molar-refractivity contribution in [1.82, 2.24) is 4.90 Å². The van der Waals surface area contributed by atoms with Crippen molar-refractivity contribution in [3.8, 4) is 0 Å². The molecule has 0 bridgehead atoms. The Morgan fingerprint density at radius 3 is 2.61 bits per heavy atom. The van der Waals surface area contributed by atoms with Gasteiger partial charge in [-0.15, -0.1) is 0 Å². The van der Waals surface area contributed by atoms with Crippen LogP contribution in [0.4, 0.5) is 10.1 Å². The third kappa shape index (κ3) is 3.70. The smallest absolute Gasteiger partial charge is 0.244 e. The van der Waals surface area contributed by atoms with Gasteiger partial charge in [-0.25, -0.2) is 4.39 Å². The van der Waals surface area contributed by atoms with Gasteiger partial charge in [-0.3, -0.25) is 4.79 Å². The van der Waals surface area contributed by atoms with Crippen molar-refractivity contribution in [2.45, 2.75) is 26.8 Å². The Balaban J connectivity index is 2.77. The standard InChI is InChI=1S/C13H18BrFN2O/c1-4-17(5-2)13(18)9(3)16-12-8-10(15)6-7-11(12)14/h6-9,16H,4-5H2,1-3H3. The molecule has 1 atom stereocenters. The number of halogens is 2. The summed E-state index contributed by atoms with van der Waals surface area (Å²) >= 11 is 3.33. The van der Waals surface area contributed by atoms with Crippen LogP contribution < -0.4 is 5.32 Å². The van der Waals surface area contributed by atoms with Crippen LogP contribution in [0.25, 0.3) is 0 Å². The average molecular weight is 317 g/mol. The molecular formula is C13H18BrFN2O. The molecule has 1 unspecified atom stereocenters. The van der Waals surface area contributed by atoms with Gasteiger partial charge in [-0.05, 0) is 54.9 Å². The first-order chi connectivity index (χ1) is 8.49. The average Bonchev–Trinajstić information content (AvgIpc) is 2.35.